The van der Waals surface area contributed by atoms with Gasteiger partial charge in [0.25, 0.3) is 0 Å². The van der Waals surface area contributed by atoms with E-state index in [0.717, 1.165) is 31.7 Å². The fourth-order valence-electron chi connectivity index (χ4n) is 3.23. The molecular formula is C21H28N2O3. The number of aliphatic hydroxyl groups is 2. The third-order valence-electron chi connectivity index (χ3n) is 4.75. The van der Waals surface area contributed by atoms with E-state index < -0.39 is 12.2 Å². The van der Waals surface area contributed by atoms with Gasteiger partial charge in [0.1, 0.15) is 18.5 Å². The molecule has 1 aliphatic rings. The number of benzene rings is 2. The lowest BCUT2D eigenvalue weighted by atomic mass is 10.1. The zero-order chi connectivity index (χ0) is 18.4. The van der Waals surface area contributed by atoms with Crippen LogP contribution in [0.5, 0.6) is 5.75 Å². The Balaban J connectivity index is 1.42. The van der Waals surface area contributed by atoms with Gasteiger partial charge in [-0.15, -0.1) is 0 Å². The highest BCUT2D eigenvalue weighted by Crippen LogP contribution is 2.19. The van der Waals surface area contributed by atoms with Crippen LogP contribution in [0, 0.1) is 0 Å². The zero-order valence-corrected chi connectivity index (χ0v) is 15.3. The second-order valence-electron chi connectivity index (χ2n) is 6.84. The first-order chi connectivity index (χ1) is 12.6. The fraction of sp³-hybridized carbons (Fsp3) is 0.429. The largest absolute Gasteiger partial charge is 0.491 e. The Morgan fingerprint density at radius 2 is 1.69 bits per heavy atom. The summed E-state index contributed by atoms with van der Waals surface area (Å²) < 4.78 is 5.69. The molecule has 5 heteroatoms. The Morgan fingerprint density at radius 3 is 2.38 bits per heavy atom. The van der Waals surface area contributed by atoms with E-state index in [1.807, 2.05) is 30.3 Å². The van der Waals surface area contributed by atoms with Gasteiger partial charge >= 0.3 is 0 Å². The molecule has 2 aromatic carbocycles. The molecule has 1 heterocycles. The molecule has 2 aromatic rings. The highest BCUT2D eigenvalue weighted by Gasteiger charge is 2.19. The average molecular weight is 356 g/mol. The SMILES string of the molecule is CC(O)c1cccc(OCC(O)CN2CCN(c3ccccc3)CC2)c1. The maximum atomic E-state index is 10.3. The average Bonchev–Trinajstić information content (AvgIpc) is 2.68. The highest BCUT2D eigenvalue weighted by molar-refractivity contribution is 5.46. The number of anilines is 1. The second kappa shape index (κ2) is 9.03. The van der Waals surface area contributed by atoms with Gasteiger partial charge in [-0.1, -0.05) is 30.3 Å². The van der Waals surface area contributed by atoms with Crippen LogP contribution in [0.15, 0.2) is 54.6 Å². The Kier molecular flexibility index (Phi) is 6.50. The van der Waals surface area contributed by atoms with Gasteiger partial charge in [0.2, 0.25) is 0 Å². The maximum absolute atomic E-state index is 10.3. The molecule has 0 radical (unpaired) electrons. The molecule has 2 atom stereocenters. The normalized spacial score (nSPS) is 17.7. The van der Waals surface area contributed by atoms with Crippen molar-refractivity contribution in [3.8, 4) is 5.75 Å². The molecule has 3 rings (SSSR count). The number of hydrogen-bond donors (Lipinski definition) is 2. The number of β-amino-alcohol motifs (C(OH)–C–C–N with tert-alkyl or cyclic N) is 1. The van der Waals surface area contributed by atoms with Gasteiger partial charge in [-0.2, -0.15) is 0 Å². The van der Waals surface area contributed by atoms with Gasteiger partial charge in [-0.25, -0.2) is 0 Å². The lowest BCUT2D eigenvalue weighted by molar-refractivity contribution is 0.0662. The van der Waals surface area contributed by atoms with Crippen molar-refractivity contribution >= 4 is 5.69 Å². The number of ether oxygens (including phenoxy) is 1. The Labute approximate surface area is 155 Å². The van der Waals surface area contributed by atoms with Crippen LogP contribution < -0.4 is 9.64 Å². The van der Waals surface area contributed by atoms with Crippen LogP contribution in [-0.2, 0) is 0 Å². The molecule has 0 aromatic heterocycles. The maximum Gasteiger partial charge on any atom is 0.119 e. The van der Waals surface area contributed by atoms with Crippen LogP contribution in [-0.4, -0.2) is 60.5 Å². The Hall–Kier alpha value is -2.08. The monoisotopic (exact) mass is 356 g/mol. The molecule has 1 saturated heterocycles. The van der Waals surface area contributed by atoms with Crippen LogP contribution in [0.25, 0.3) is 0 Å². The van der Waals surface area contributed by atoms with Gasteiger partial charge in [0, 0.05) is 38.4 Å². The molecule has 26 heavy (non-hydrogen) atoms. The predicted octanol–water partition coefficient (Wildman–Crippen LogP) is 2.30. The van der Waals surface area contributed by atoms with E-state index in [2.05, 4.69) is 34.1 Å². The molecular weight excluding hydrogens is 328 g/mol. The standard InChI is InChI=1S/C21H28N2O3/c1-17(24)18-6-5-9-21(14-18)26-16-20(25)15-22-10-12-23(13-11-22)19-7-3-2-4-8-19/h2-9,14,17,20,24-25H,10-13,15-16H2,1H3. The van der Waals surface area contributed by atoms with E-state index in [1.54, 1.807) is 6.92 Å². The number of nitrogens with zero attached hydrogens (tertiary/aromatic N) is 2. The summed E-state index contributed by atoms with van der Waals surface area (Å²) in [6.45, 7) is 6.39. The smallest absolute Gasteiger partial charge is 0.119 e. The first-order valence-corrected chi connectivity index (χ1v) is 9.23. The number of hydrogen-bond acceptors (Lipinski definition) is 5. The van der Waals surface area contributed by atoms with Gasteiger partial charge in [-0.3, -0.25) is 4.90 Å². The van der Waals surface area contributed by atoms with Crippen molar-refractivity contribution in [2.45, 2.75) is 19.1 Å². The minimum atomic E-state index is -0.534. The van der Waals surface area contributed by atoms with Gasteiger partial charge in [-0.05, 0) is 36.8 Å². The van der Waals surface area contributed by atoms with E-state index >= 15 is 0 Å². The Bertz CT molecular complexity index is 670. The quantitative estimate of drug-likeness (QED) is 0.797. The summed E-state index contributed by atoms with van der Waals surface area (Å²) in [5.41, 5.74) is 2.07. The van der Waals surface area contributed by atoms with Crippen molar-refractivity contribution in [3.63, 3.8) is 0 Å². The van der Waals surface area contributed by atoms with E-state index in [9.17, 15) is 10.2 Å². The van der Waals surface area contributed by atoms with Gasteiger partial charge in [0.05, 0.1) is 6.10 Å². The van der Waals surface area contributed by atoms with Gasteiger partial charge in [0.15, 0.2) is 0 Å². The number of rotatable bonds is 7. The molecule has 1 aliphatic heterocycles. The third-order valence-corrected chi connectivity index (χ3v) is 4.75. The summed E-state index contributed by atoms with van der Waals surface area (Å²) in [5, 5.41) is 19.9. The van der Waals surface area contributed by atoms with Crippen molar-refractivity contribution in [1.82, 2.24) is 4.90 Å². The summed E-state index contributed by atoms with van der Waals surface area (Å²) in [6.07, 6.45) is -1.06. The number of piperazine rings is 1. The summed E-state index contributed by atoms with van der Waals surface area (Å²) in [7, 11) is 0. The molecule has 0 aliphatic carbocycles. The van der Waals surface area contributed by atoms with Crippen molar-refractivity contribution < 1.29 is 14.9 Å². The minimum absolute atomic E-state index is 0.252. The molecule has 2 N–H and O–H groups in total. The second-order valence-corrected chi connectivity index (χ2v) is 6.84. The van der Waals surface area contributed by atoms with Crippen LogP contribution in [0.3, 0.4) is 0 Å². The Morgan fingerprint density at radius 1 is 0.962 bits per heavy atom. The van der Waals surface area contributed by atoms with Crippen LogP contribution in [0.2, 0.25) is 0 Å². The third kappa shape index (κ3) is 5.21. The number of aliphatic hydroxyl groups excluding tert-OH is 2. The zero-order valence-electron chi connectivity index (χ0n) is 15.3. The lowest BCUT2D eigenvalue weighted by Gasteiger charge is -2.36. The molecule has 0 amide bonds. The van der Waals surface area contributed by atoms with E-state index in [1.165, 1.54) is 5.69 Å². The molecule has 0 bridgehead atoms. The fourth-order valence-corrected chi connectivity index (χ4v) is 3.23. The summed E-state index contributed by atoms with van der Waals surface area (Å²) in [6, 6.07) is 17.8. The summed E-state index contributed by atoms with van der Waals surface area (Å²) in [4.78, 5) is 4.65. The number of para-hydroxylation sites is 1. The molecule has 140 valence electrons. The van der Waals surface area contributed by atoms with E-state index in [-0.39, 0.29) is 6.61 Å². The predicted molar refractivity (Wildman–Crippen MR) is 104 cm³/mol. The van der Waals surface area contributed by atoms with Crippen LogP contribution in [0.1, 0.15) is 18.6 Å². The first kappa shape index (κ1) is 18.7. The first-order valence-electron chi connectivity index (χ1n) is 9.23. The van der Waals surface area contributed by atoms with Gasteiger partial charge < -0.3 is 19.8 Å². The van der Waals surface area contributed by atoms with Crippen molar-refractivity contribution in [3.05, 3.63) is 60.2 Å². The van der Waals surface area contributed by atoms with E-state index in [4.69, 9.17) is 4.74 Å². The molecule has 0 spiro atoms. The summed E-state index contributed by atoms with van der Waals surface area (Å²) >= 11 is 0. The van der Waals surface area contributed by atoms with Crippen LogP contribution >= 0.6 is 0 Å². The van der Waals surface area contributed by atoms with E-state index in [0.29, 0.717) is 12.3 Å². The molecule has 0 saturated carbocycles. The van der Waals surface area contributed by atoms with Crippen LogP contribution in [0.4, 0.5) is 5.69 Å². The minimum Gasteiger partial charge on any atom is -0.491 e. The summed E-state index contributed by atoms with van der Waals surface area (Å²) in [5.74, 6) is 0.677. The lowest BCUT2D eigenvalue weighted by Crippen LogP contribution is -2.49. The van der Waals surface area contributed by atoms with Crippen molar-refractivity contribution in [1.29, 1.82) is 0 Å². The molecule has 5 nitrogen and oxygen atoms in total. The topological polar surface area (TPSA) is 56.2 Å². The van der Waals surface area contributed by atoms with Crippen molar-refractivity contribution in [2.24, 2.45) is 0 Å². The molecule has 1 fully saturated rings. The highest BCUT2D eigenvalue weighted by atomic mass is 16.5. The van der Waals surface area contributed by atoms with Crippen molar-refractivity contribution in [2.75, 3.05) is 44.2 Å². The molecule has 2 unspecified atom stereocenters.